The summed E-state index contributed by atoms with van der Waals surface area (Å²) >= 11 is 1.22. The van der Waals surface area contributed by atoms with Gasteiger partial charge >= 0.3 is 6.09 Å². The van der Waals surface area contributed by atoms with Crippen molar-refractivity contribution < 1.29 is 14.7 Å². The summed E-state index contributed by atoms with van der Waals surface area (Å²) in [5.74, 6) is -0.393. The van der Waals surface area contributed by atoms with Gasteiger partial charge in [0, 0.05) is 19.1 Å². The lowest BCUT2D eigenvalue weighted by molar-refractivity contribution is 0.0995. The van der Waals surface area contributed by atoms with Gasteiger partial charge in [0.1, 0.15) is 5.00 Å². The minimum atomic E-state index is -0.956. The van der Waals surface area contributed by atoms with E-state index in [1.54, 1.807) is 6.07 Å². The van der Waals surface area contributed by atoms with E-state index in [0.29, 0.717) is 18.1 Å². The highest BCUT2D eigenvalue weighted by Crippen LogP contribution is 2.23. The number of primary amides is 1. The van der Waals surface area contributed by atoms with Gasteiger partial charge in [-0.2, -0.15) is 9.36 Å². The summed E-state index contributed by atoms with van der Waals surface area (Å²) in [5, 5.41) is 23.6. The van der Waals surface area contributed by atoms with E-state index < -0.39 is 12.0 Å². The number of likely N-dealkylation sites (tertiary alicyclic amines) is 1. The van der Waals surface area contributed by atoms with Crippen molar-refractivity contribution in [3.05, 3.63) is 17.5 Å². The topological polar surface area (TPSA) is 159 Å². The summed E-state index contributed by atoms with van der Waals surface area (Å²) in [4.78, 5) is 28.3. The number of anilines is 3. The number of hydrogen-bond acceptors (Lipinski definition) is 9. The molecule has 26 heavy (non-hydrogen) atoms. The Morgan fingerprint density at radius 3 is 2.88 bits per heavy atom. The van der Waals surface area contributed by atoms with Crippen LogP contribution in [-0.2, 0) is 0 Å². The highest BCUT2D eigenvalue weighted by molar-refractivity contribution is 7.10. The monoisotopic (exact) mass is 378 g/mol. The van der Waals surface area contributed by atoms with E-state index in [0.717, 1.165) is 18.5 Å². The lowest BCUT2D eigenvalue weighted by atomic mass is 10.1. The molecule has 138 valence electrons. The number of piperidine rings is 1. The molecular weight excluding hydrogens is 360 g/mol. The lowest BCUT2D eigenvalue weighted by Crippen LogP contribution is -2.44. The van der Waals surface area contributed by atoms with Crippen LogP contribution in [0, 0.1) is 6.92 Å². The van der Waals surface area contributed by atoms with E-state index in [-0.39, 0.29) is 23.5 Å². The molecule has 2 amide bonds. The van der Waals surface area contributed by atoms with Gasteiger partial charge in [-0.1, -0.05) is 0 Å². The second kappa shape index (κ2) is 7.47. The highest BCUT2D eigenvalue weighted by atomic mass is 32.1. The second-order valence-corrected chi connectivity index (χ2v) is 6.67. The quantitative estimate of drug-likeness (QED) is 0.596. The first kappa shape index (κ1) is 17.8. The fraction of sp³-hybridized carbons (Fsp3) is 0.429. The highest BCUT2D eigenvalue weighted by Gasteiger charge is 2.24. The molecule has 0 aliphatic carbocycles. The normalized spacial score (nSPS) is 17.0. The van der Waals surface area contributed by atoms with Crippen LogP contribution in [0.15, 0.2) is 6.07 Å². The number of hydrogen-bond donors (Lipinski definition) is 4. The molecule has 0 aromatic carbocycles. The lowest BCUT2D eigenvalue weighted by Gasteiger charge is -2.31. The number of rotatable bonds is 5. The fourth-order valence-electron chi connectivity index (χ4n) is 2.63. The summed E-state index contributed by atoms with van der Waals surface area (Å²) in [6.07, 6.45) is 0.561. The molecule has 11 nitrogen and oxygen atoms in total. The van der Waals surface area contributed by atoms with Gasteiger partial charge in [0.25, 0.3) is 5.91 Å². The van der Waals surface area contributed by atoms with Crippen molar-refractivity contribution in [1.82, 2.24) is 24.5 Å². The number of aromatic nitrogens is 4. The smallest absolute Gasteiger partial charge is 0.407 e. The zero-order valence-electron chi connectivity index (χ0n) is 14.0. The summed E-state index contributed by atoms with van der Waals surface area (Å²) in [5.41, 5.74) is 6.08. The third-order valence-electron chi connectivity index (χ3n) is 3.81. The van der Waals surface area contributed by atoms with Crippen molar-refractivity contribution in [3.63, 3.8) is 0 Å². The number of nitrogens with two attached hydrogens (primary N) is 1. The van der Waals surface area contributed by atoms with Gasteiger partial charge in [0.15, 0.2) is 11.5 Å². The van der Waals surface area contributed by atoms with E-state index in [1.807, 2.05) is 6.92 Å². The van der Waals surface area contributed by atoms with Crippen LogP contribution >= 0.6 is 11.5 Å². The molecule has 0 spiro atoms. The van der Waals surface area contributed by atoms with Crippen LogP contribution in [0.2, 0.25) is 0 Å². The third-order valence-corrected chi connectivity index (χ3v) is 4.61. The van der Waals surface area contributed by atoms with Gasteiger partial charge in [0.05, 0.1) is 5.69 Å². The Morgan fingerprint density at radius 1 is 1.42 bits per heavy atom. The Labute approximate surface area is 152 Å². The van der Waals surface area contributed by atoms with Crippen LogP contribution in [0.1, 0.15) is 29.0 Å². The van der Waals surface area contributed by atoms with E-state index in [9.17, 15) is 9.59 Å². The molecule has 1 atom stereocenters. The molecule has 1 fully saturated rings. The van der Waals surface area contributed by atoms with Crippen molar-refractivity contribution in [3.8, 4) is 0 Å². The minimum absolute atomic E-state index is 0.0857. The maximum Gasteiger partial charge on any atom is 0.407 e. The number of carbonyl (C=O) groups is 2. The first-order valence-corrected chi connectivity index (χ1v) is 8.69. The molecule has 0 bridgehead atoms. The van der Waals surface area contributed by atoms with Gasteiger partial charge in [-0.25, -0.2) is 4.79 Å². The second-order valence-electron chi connectivity index (χ2n) is 5.87. The van der Waals surface area contributed by atoms with E-state index in [2.05, 4.69) is 30.2 Å². The number of nitrogens with zero attached hydrogens (tertiary/aromatic N) is 5. The van der Waals surface area contributed by atoms with Crippen molar-refractivity contribution in [1.29, 1.82) is 0 Å². The maximum absolute atomic E-state index is 11.6. The molecular formula is C14H18N8O3S. The van der Waals surface area contributed by atoms with Crippen LogP contribution in [-0.4, -0.2) is 60.7 Å². The summed E-state index contributed by atoms with van der Waals surface area (Å²) in [6.45, 7) is 2.68. The van der Waals surface area contributed by atoms with Crippen LogP contribution in [0.3, 0.4) is 0 Å². The number of aryl methyl sites for hydroxylation is 1. The zero-order chi connectivity index (χ0) is 18.7. The Morgan fingerprint density at radius 2 is 2.23 bits per heavy atom. The summed E-state index contributed by atoms with van der Waals surface area (Å²) in [7, 11) is 0. The number of nitrogens with one attached hydrogen (secondary N) is 2. The largest absolute Gasteiger partial charge is 0.465 e. The Bertz CT molecular complexity index is 826. The molecule has 1 aliphatic rings. The molecule has 0 unspecified atom stereocenters. The van der Waals surface area contributed by atoms with Crippen molar-refractivity contribution in [2.75, 3.05) is 23.7 Å². The predicted octanol–water partition coefficient (Wildman–Crippen LogP) is 1.03. The SMILES string of the molecule is Cc1cc(Nc2nc(N[C@@H]3CCCN(C(=O)O)C3)nnc2C(N)=O)sn1. The van der Waals surface area contributed by atoms with Crippen molar-refractivity contribution in [2.24, 2.45) is 5.73 Å². The van der Waals surface area contributed by atoms with Gasteiger partial charge in [-0.05, 0) is 37.4 Å². The fourth-order valence-corrected chi connectivity index (χ4v) is 3.29. The molecule has 0 saturated carbocycles. The van der Waals surface area contributed by atoms with E-state index >= 15 is 0 Å². The molecule has 12 heteroatoms. The predicted molar refractivity (Wildman–Crippen MR) is 94.7 cm³/mol. The Kier molecular flexibility index (Phi) is 5.11. The van der Waals surface area contributed by atoms with Crippen molar-refractivity contribution in [2.45, 2.75) is 25.8 Å². The summed E-state index contributed by atoms with van der Waals surface area (Å²) in [6, 6.07) is 1.66. The Hall–Kier alpha value is -3.02. The van der Waals surface area contributed by atoms with Gasteiger partial charge in [-0.3, -0.25) is 4.79 Å². The van der Waals surface area contributed by atoms with Crippen molar-refractivity contribution >= 4 is 40.3 Å². The first-order valence-electron chi connectivity index (χ1n) is 7.91. The van der Waals surface area contributed by atoms with E-state index in [4.69, 9.17) is 10.8 Å². The van der Waals surface area contributed by atoms with Crippen LogP contribution in [0.5, 0.6) is 0 Å². The van der Waals surface area contributed by atoms with Crippen LogP contribution < -0.4 is 16.4 Å². The van der Waals surface area contributed by atoms with Crippen LogP contribution in [0.4, 0.5) is 21.6 Å². The molecule has 2 aromatic rings. The van der Waals surface area contributed by atoms with Gasteiger partial charge < -0.3 is 26.4 Å². The van der Waals surface area contributed by atoms with E-state index in [1.165, 1.54) is 16.4 Å². The van der Waals surface area contributed by atoms with Crippen LogP contribution in [0.25, 0.3) is 0 Å². The maximum atomic E-state index is 11.6. The first-order chi connectivity index (χ1) is 12.4. The molecule has 3 rings (SSSR count). The Balaban J connectivity index is 1.78. The molecule has 2 aromatic heterocycles. The number of amides is 2. The van der Waals surface area contributed by atoms with Gasteiger partial charge in [0.2, 0.25) is 5.95 Å². The summed E-state index contributed by atoms with van der Waals surface area (Å²) < 4.78 is 4.15. The third kappa shape index (κ3) is 4.14. The zero-order valence-corrected chi connectivity index (χ0v) is 14.8. The average molecular weight is 378 g/mol. The minimum Gasteiger partial charge on any atom is -0.465 e. The molecule has 3 heterocycles. The molecule has 1 saturated heterocycles. The average Bonchev–Trinajstić information content (AvgIpc) is 3.00. The molecule has 1 aliphatic heterocycles. The molecule has 0 radical (unpaired) electrons. The number of carbonyl (C=O) groups excluding carboxylic acids is 1. The van der Waals surface area contributed by atoms with Gasteiger partial charge in [-0.15, -0.1) is 10.2 Å². The standard InChI is InChI=1S/C14H18N8O3S/c1-7-5-9(26-21-7)17-12-10(11(15)23)19-20-13(18-12)16-8-3-2-4-22(6-8)14(24)25/h5,8H,2-4,6H2,1H3,(H2,15,23)(H,24,25)(H2,16,17,18,20)/t8-/m1/s1. The molecule has 5 N–H and O–H groups in total. The number of carboxylic acid groups (broad SMARTS) is 1.